The molecule has 0 spiro atoms. The molecule has 2 rings (SSSR count). The number of rotatable bonds is 5. The Bertz CT molecular complexity index is 577. The first-order chi connectivity index (χ1) is 8.04. The van der Waals surface area contributed by atoms with Gasteiger partial charge in [-0.05, 0) is 0 Å². The van der Waals surface area contributed by atoms with Crippen molar-refractivity contribution in [2.45, 2.75) is 13.0 Å². The Hall–Kier alpha value is -0.490. The zero-order valence-corrected chi connectivity index (χ0v) is 12.5. The van der Waals surface area contributed by atoms with Crippen LogP contribution in [-0.2, 0) is 21.1 Å². The van der Waals surface area contributed by atoms with E-state index in [0.717, 1.165) is 6.54 Å². The molecule has 8 heteroatoms. The third-order valence-corrected chi connectivity index (χ3v) is 5.75. The molecule has 2 N–H and O–H groups in total. The zero-order chi connectivity index (χ0) is 12.3. The Morgan fingerprint density at radius 2 is 2.06 bits per heavy atom. The SMILES string of the molecule is O=S(=O)(O)OCCC[n+]1cc2ccccc2[te]1.[OH-]. The fraction of sp³-hybridized carbons (Fsp3) is 0.300. The van der Waals surface area contributed by atoms with Crippen LogP contribution in [0.25, 0.3) is 8.79 Å². The van der Waals surface area contributed by atoms with Gasteiger partial charge >= 0.3 is 110 Å². The Balaban J connectivity index is 0.00000162. The van der Waals surface area contributed by atoms with E-state index < -0.39 is 10.4 Å². The van der Waals surface area contributed by atoms with Gasteiger partial charge in [0.1, 0.15) is 0 Å². The molecule has 6 nitrogen and oxygen atoms in total. The van der Waals surface area contributed by atoms with E-state index >= 15 is 0 Å². The molecule has 0 saturated heterocycles. The molecule has 1 heterocycles. The van der Waals surface area contributed by atoms with E-state index in [1.807, 2.05) is 12.1 Å². The molecule has 18 heavy (non-hydrogen) atoms. The van der Waals surface area contributed by atoms with Gasteiger partial charge in [-0.3, -0.25) is 0 Å². The summed E-state index contributed by atoms with van der Waals surface area (Å²) < 4.78 is 36.9. The number of fused-ring (bicyclic) bond motifs is 1. The number of hydrogen-bond donors (Lipinski definition) is 1. The molecule has 0 aliphatic heterocycles. The molecule has 100 valence electrons. The summed E-state index contributed by atoms with van der Waals surface area (Å²) >= 11 is -0.364. The summed E-state index contributed by atoms with van der Waals surface area (Å²) in [5.41, 5.74) is 0. The molecule has 0 amide bonds. The number of hydrogen-bond acceptors (Lipinski definition) is 4. The van der Waals surface area contributed by atoms with Crippen LogP contribution in [0.1, 0.15) is 6.42 Å². The first-order valence-electron chi connectivity index (χ1n) is 5.05. The van der Waals surface area contributed by atoms with Gasteiger partial charge in [0.15, 0.2) is 0 Å². The van der Waals surface area contributed by atoms with Gasteiger partial charge < -0.3 is 5.48 Å². The second kappa shape index (κ2) is 6.61. The Morgan fingerprint density at radius 3 is 2.72 bits per heavy atom. The number of nitrogens with zero attached hydrogens (tertiary/aromatic N) is 1. The number of aryl methyl sites for hydroxylation is 1. The molecule has 1 aromatic heterocycles. The van der Waals surface area contributed by atoms with Crippen LogP contribution in [0.15, 0.2) is 30.5 Å². The molecule has 2 aromatic rings. The standard InChI is InChI=1S/C10H11NO4STe.H2O/c12-16(13,14)15-7-3-6-11-8-9-4-1-2-5-10(9)17-11;/h1-2,4-5,8H,3,6-7H2;1H2. The van der Waals surface area contributed by atoms with Crippen molar-refractivity contribution in [3.05, 3.63) is 30.5 Å². The summed E-state index contributed by atoms with van der Waals surface area (Å²) in [5, 5.41) is 1.26. The van der Waals surface area contributed by atoms with Crippen LogP contribution in [0, 0.1) is 0 Å². The Kier molecular flexibility index (Phi) is 5.72. The molecular formula is C10H13NO5STe. The molecule has 0 radical (unpaired) electrons. The summed E-state index contributed by atoms with van der Waals surface area (Å²) in [4.78, 5) is 0. The molecular weight excluding hydrogens is 374 g/mol. The van der Waals surface area contributed by atoms with E-state index in [4.69, 9.17) is 4.55 Å². The maximum atomic E-state index is 10.3. The van der Waals surface area contributed by atoms with Crippen LogP contribution in [0.3, 0.4) is 0 Å². The smallest absolute Gasteiger partial charge is 0.870 e. The first-order valence-corrected chi connectivity index (χ1v) is 8.62. The molecule has 0 unspecified atom stereocenters. The van der Waals surface area contributed by atoms with Crippen LogP contribution >= 0.6 is 0 Å². The summed E-state index contributed by atoms with van der Waals surface area (Å²) in [5.74, 6) is 0. The van der Waals surface area contributed by atoms with Crippen LogP contribution < -0.4 is 2.79 Å². The topological polar surface area (TPSA) is 97.5 Å². The molecule has 0 fully saturated rings. The van der Waals surface area contributed by atoms with Gasteiger partial charge in [0, 0.05) is 0 Å². The van der Waals surface area contributed by atoms with Crippen molar-refractivity contribution in [2.24, 2.45) is 0 Å². The molecule has 0 bridgehead atoms. The second-order valence-electron chi connectivity index (χ2n) is 3.50. The van der Waals surface area contributed by atoms with Crippen molar-refractivity contribution in [2.75, 3.05) is 6.61 Å². The van der Waals surface area contributed by atoms with Crippen LogP contribution in [-0.4, -0.2) is 45.8 Å². The van der Waals surface area contributed by atoms with E-state index in [1.165, 1.54) is 8.79 Å². The number of aromatic nitrogens is 1. The minimum atomic E-state index is -4.29. The van der Waals surface area contributed by atoms with Crippen molar-refractivity contribution in [3.8, 4) is 0 Å². The van der Waals surface area contributed by atoms with Crippen LogP contribution in [0.4, 0.5) is 0 Å². The third kappa shape index (κ3) is 4.65. The predicted molar refractivity (Wildman–Crippen MR) is 65.1 cm³/mol. The van der Waals surface area contributed by atoms with E-state index in [2.05, 4.69) is 25.3 Å². The van der Waals surface area contributed by atoms with E-state index in [0.29, 0.717) is 6.42 Å². The van der Waals surface area contributed by atoms with E-state index in [9.17, 15) is 8.42 Å². The monoisotopic (exact) mass is 389 g/mol. The molecule has 0 atom stereocenters. The zero-order valence-electron chi connectivity index (χ0n) is 9.39. The van der Waals surface area contributed by atoms with Crippen molar-refractivity contribution in [1.82, 2.24) is 0 Å². The first kappa shape index (κ1) is 15.6. The molecule has 0 aliphatic carbocycles. The van der Waals surface area contributed by atoms with Crippen molar-refractivity contribution in [1.29, 1.82) is 0 Å². The van der Waals surface area contributed by atoms with Crippen molar-refractivity contribution < 1.29 is 25.4 Å². The summed E-state index contributed by atoms with van der Waals surface area (Å²) in [6.45, 7) is 0.777. The van der Waals surface area contributed by atoms with Gasteiger partial charge in [0.2, 0.25) is 0 Å². The Labute approximate surface area is 115 Å². The largest absolute Gasteiger partial charge is 0.870 e. The fourth-order valence-electron chi connectivity index (χ4n) is 1.47. The van der Waals surface area contributed by atoms with E-state index in [-0.39, 0.29) is 32.8 Å². The Morgan fingerprint density at radius 1 is 1.33 bits per heavy atom. The van der Waals surface area contributed by atoms with Crippen LogP contribution in [0.2, 0.25) is 0 Å². The van der Waals surface area contributed by atoms with Crippen molar-refractivity contribution in [3.63, 3.8) is 0 Å². The van der Waals surface area contributed by atoms with Gasteiger partial charge in [-0.25, -0.2) is 0 Å². The predicted octanol–water partition coefficient (Wildman–Crippen LogP) is 0.217. The molecule has 0 aliphatic rings. The van der Waals surface area contributed by atoms with Gasteiger partial charge in [0.25, 0.3) is 0 Å². The average Bonchev–Trinajstić information content (AvgIpc) is 2.65. The summed E-state index contributed by atoms with van der Waals surface area (Å²) in [6, 6.07) is 8.24. The van der Waals surface area contributed by atoms with Gasteiger partial charge in [-0.2, -0.15) is 0 Å². The maximum absolute atomic E-state index is 10.3. The third-order valence-electron chi connectivity index (χ3n) is 2.17. The number of benzene rings is 1. The van der Waals surface area contributed by atoms with Crippen molar-refractivity contribution >= 4 is 39.9 Å². The second-order valence-corrected chi connectivity index (χ2v) is 7.71. The van der Waals surface area contributed by atoms with Gasteiger partial charge in [-0.1, -0.05) is 0 Å². The quantitative estimate of drug-likeness (QED) is 0.450. The fourth-order valence-corrected chi connectivity index (χ4v) is 4.67. The molecule has 0 saturated carbocycles. The van der Waals surface area contributed by atoms with E-state index in [1.54, 1.807) is 0 Å². The molecule has 1 aromatic carbocycles. The average molecular weight is 387 g/mol. The normalized spacial score (nSPS) is 11.4. The minimum Gasteiger partial charge on any atom is -0.870 e. The van der Waals surface area contributed by atoms with Gasteiger partial charge in [0.05, 0.1) is 0 Å². The van der Waals surface area contributed by atoms with Crippen LogP contribution in [0.5, 0.6) is 0 Å². The minimum absolute atomic E-state index is 0. The maximum Gasteiger partial charge on any atom is -0.870 e. The summed E-state index contributed by atoms with van der Waals surface area (Å²) in [7, 11) is -4.29. The van der Waals surface area contributed by atoms with Gasteiger partial charge in [-0.15, -0.1) is 0 Å². The summed E-state index contributed by atoms with van der Waals surface area (Å²) in [6.07, 6.45) is 2.68.